The zero-order valence-corrected chi connectivity index (χ0v) is 9.48. The Labute approximate surface area is 95.4 Å². The van der Waals surface area contributed by atoms with Crippen LogP contribution in [0.15, 0.2) is 12.1 Å². The maximum atomic E-state index is 9.93. The standard InChI is InChI=1S/C13H18O3/c1-8-6-10(13(16)7-12(8)15)9-4-2-3-5-11(9)14/h6-7,9,11,14-16H,2-5H2,1H3. The first-order valence-corrected chi connectivity index (χ1v) is 5.80. The van der Waals surface area contributed by atoms with E-state index in [-0.39, 0.29) is 23.5 Å². The van der Waals surface area contributed by atoms with Gasteiger partial charge in [-0.1, -0.05) is 12.8 Å². The number of hydrogen-bond donors (Lipinski definition) is 3. The number of benzene rings is 1. The topological polar surface area (TPSA) is 60.7 Å². The summed E-state index contributed by atoms with van der Waals surface area (Å²) in [5.74, 6) is 0.202. The molecule has 0 spiro atoms. The molecule has 88 valence electrons. The van der Waals surface area contributed by atoms with Crippen LogP contribution in [0.1, 0.15) is 42.7 Å². The maximum Gasteiger partial charge on any atom is 0.122 e. The van der Waals surface area contributed by atoms with Gasteiger partial charge < -0.3 is 15.3 Å². The quantitative estimate of drug-likeness (QED) is 0.684. The number of aliphatic hydroxyl groups is 1. The predicted octanol–water partition coefficient (Wildman–Crippen LogP) is 2.42. The molecule has 0 radical (unpaired) electrons. The summed E-state index contributed by atoms with van der Waals surface area (Å²) < 4.78 is 0. The van der Waals surface area contributed by atoms with Crippen molar-refractivity contribution >= 4 is 0 Å². The summed E-state index contributed by atoms with van der Waals surface area (Å²) in [6.07, 6.45) is 3.46. The van der Waals surface area contributed by atoms with Crippen molar-refractivity contribution in [3.8, 4) is 11.5 Å². The van der Waals surface area contributed by atoms with E-state index in [2.05, 4.69) is 0 Å². The van der Waals surface area contributed by atoms with Gasteiger partial charge in [-0.25, -0.2) is 0 Å². The number of phenolic OH excluding ortho intramolecular Hbond substituents is 2. The van der Waals surface area contributed by atoms with Gasteiger partial charge in [-0.15, -0.1) is 0 Å². The Morgan fingerprint density at radius 1 is 1.06 bits per heavy atom. The lowest BCUT2D eigenvalue weighted by Crippen LogP contribution is -2.22. The number of phenols is 2. The van der Waals surface area contributed by atoms with E-state index in [0.717, 1.165) is 36.8 Å². The number of rotatable bonds is 1. The molecule has 2 unspecified atom stereocenters. The van der Waals surface area contributed by atoms with Crippen molar-refractivity contribution in [2.75, 3.05) is 0 Å². The molecule has 1 saturated carbocycles. The van der Waals surface area contributed by atoms with E-state index in [9.17, 15) is 15.3 Å². The smallest absolute Gasteiger partial charge is 0.122 e. The molecule has 1 aliphatic carbocycles. The first-order valence-electron chi connectivity index (χ1n) is 5.80. The van der Waals surface area contributed by atoms with Crippen molar-refractivity contribution in [2.45, 2.75) is 44.6 Å². The van der Waals surface area contributed by atoms with Crippen LogP contribution < -0.4 is 0 Å². The van der Waals surface area contributed by atoms with Crippen molar-refractivity contribution in [1.29, 1.82) is 0 Å². The van der Waals surface area contributed by atoms with Crippen molar-refractivity contribution in [2.24, 2.45) is 0 Å². The van der Waals surface area contributed by atoms with Crippen molar-refractivity contribution in [1.82, 2.24) is 0 Å². The van der Waals surface area contributed by atoms with E-state index in [1.54, 1.807) is 13.0 Å². The molecule has 0 bridgehead atoms. The molecular formula is C13H18O3. The molecular weight excluding hydrogens is 204 g/mol. The Kier molecular flexibility index (Phi) is 3.06. The molecule has 1 aromatic rings. The average Bonchev–Trinajstić information content (AvgIpc) is 2.25. The van der Waals surface area contributed by atoms with Gasteiger partial charge in [0.1, 0.15) is 11.5 Å². The molecule has 1 aliphatic rings. The van der Waals surface area contributed by atoms with Crippen LogP contribution in [0.5, 0.6) is 11.5 Å². The van der Waals surface area contributed by atoms with Crippen molar-refractivity contribution in [3.63, 3.8) is 0 Å². The molecule has 0 amide bonds. The average molecular weight is 222 g/mol. The summed E-state index contributed by atoms with van der Waals surface area (Å²) in [5, 5.41) is 29.2. The number of hydrogen-bond acceptors (Lipinski definition) is 3. The highest BCUT2D eigenvalue weighted by Gasteiger charge is 2.27. The van der Waals surface area contributed by atoms with E-state index in [1.807, 2.05) is 0 Å². The predicted molar refractivity (Wildman–Crippen MR) is 61.7 cm³/mol. The molecule has 2 rings (SSSR count). The number of aromatic hydroxyl groups is 2. The molecule has 16 heavy (non-hydrogen) atoms. The highest BCUT2D eigenvalue weighted by Crippen LogP contribution is 2.39. The van der Waals surface area contributed by atoms with Crippen LogP contribution >= 0.6 is 0 Å². The summed E-state index contributed by atoms with van der Waals surface area (Å²) in [6, 6.07) is 3.15. The molecule has 2 atom stereocenters. The van der Waals surface area contributed by atoms with Crippen LogP contribution in [0.4, 0.5) is 0 Å². The lowest BCUT2D eigenvalue weighted by molar-refractivity contribution is 0.105. The fraction of sp³-hybridized carbons (Fsp3) is 0.538. The Morgan fingerprint density at radius 2 is 1.75 bits per heavy atom. The highest BCUT2D eigenvalue weighted by molar-refractivity contribution is 5.46. The van der Waals surface area contributed by atoms with Crippen LogP contribution in [0.2, 0.25) is 0 Å². The van der Waals surface area contributed by atoms with Crippen LogP contribution in [-0.2, 0) is 0 Å². The number of aliphatic hydroxyl groups excluding tert-OH is 1. The lowest BCUT2D eigenvalue weighted by atomic mass is 9.81. The minimum atomic E-state index is -0.372. The third-order valence-electron chi connectivity index (χ3n) is 3.47. The third kappa shape index (κ3) is 2.00. The van der Waals surface area contributed by atoms with Gasteiger partial charge in [-0.3, -0.25) is 0 Å². The summed E-state index contributed by atoms with van der Waals surface area (Å²) in [6.45, 7) is 1.80. The normalized spacial score (nSPS) is 25.6. The van der Waals surface area contributed by atoms with Gasteiger partial charge in [-0.05, 0) is 31.4 Å². The Morgan fingerprint density at radius 3 is 2.44 bits per heavy atom. The van der Waals surface area contributed by atoms with Gasteiger partial charge in [-0.2, -0.15) is 0 Å². The van der Waals surface area contributed by atoms with E-state index >= 15 is 0 Å². The maximum absolute atomic E-state index is 9.93. The lowest BCUT2D eigenvalue weighted by Gasteiger charge is -2.28. The number of aryl methyl sites for hydroxylation is 1. The van der Waals surface area contributed by atoms with Crippen LogP contribution in [0.3, 0.4) is 0 Å². The van der Waals surface area contributed by atoms with Gasteiger partial charge in [0.15, 0.2) is 0 Å². The fourth-order valence-electron chi connectivity index (χ4n) is 2.48. The van der Waals surface area contributed by atoms with Crippen LogP contribution in [0, 0.1) is 6.92 Å². The SMILES string of the molecule is Cc1cc(C2CCCCC2O)c(O)cc1O. The molecule has 0 aromatic heterocycles. The molecule has 3 N–H and O–H groups in total. The first kappa shape index (κ1) is 11.3. The summed E-state index contributed by atoms with van der Waals surface area (Å²) in [4.78, 5) is 0. The molecule has 0 saturated heterocycles. The molecule has 1 fully saturated rings. The fourth-order valence-corrected chi connectivity index (χ4v) is 2.48. The van der Waals surface area contributed by atoms with Gasteiger partial charge >= 0.3 is 0 Å². The zero-order valence-electron chi connectivity index (χ0n) is 9.48. The van der Waals surface area contributed by atoms with Gasteiger partial charge in [0.05, 0.1) is 6.10 Å². The van der Waals surface area contributed by atoms with E-state index in [0.29, 0.717) is 0 Å². The molecule has 0 aliphatic heterocycles. The van der Waals surface area contributed by atoms with Gasteiger partial charge in [0.2, 0.25) is 0 Å². The van der Waals surface area contributed by atoms with Crippen molar-refractivity contribution in [3.05, 3.63) is 23.3 Å². The van der Waals surface area contributed by atoms with Gasteiger partial charge in [0, 0.05) is 17.5 Å². The molecule has 3 heteroatoms. The monoisotopic (exact) mass is 222 g/mol. The molecule has 3 nitrogen and oxygen atoms in total. The van der Waals surface area contributed by atoms with Gasteiger partial charge in [0.25, 0.3) is 0 Å². The summed E-state index contributed by atoms with van der Waals surface area (Å²) >= 11 is 0. The van der Waals surface area contributed by atoms with Crippen LogP contribution in [0.25, 0.3) is 0 Å². The summed E-state index contributed by atoms with van der Waals surface area (Å²) in [7, 11) is 0. The van der Waals surface area contributed by atoms with Crippen LogP contribution in [-0.4, -0.2) is 21.4 Å². The van der Waals surface area contributed by atoms with E-state index < -0.39 is 0 Å². The van der Waals surface area contributed by atoms with Crippen molar-refractivity contribution < 1.29 is 15.3 Å². The second-order valence-electron chi connectivity index (χ2n) is 4.66. The Hall–Kier alpha value is -1.22. The first-order chi connectivity index (χ1) is 7.59. The minimum Gasteiger partial charge on any atom is -0.508 e. The zero-order chi connectivity index (χ0) is 11.7. The Bertz CT molecular complexity index is 387. The summed E-state index contributed by atoms with van der Waals surface area (Å²) in [5.41, 5.74) is 1.51. The Balaban J connectivity index is 2.35. The van der Waals surface area contributed by atoms with E-state index in [1.165, 1.54) is 6.07 Å². The molecule has 0 heterocycles. The van der Waals surface area contributed by atoms with E-state index in [4.69, 9.17) is 0 Å². The highest BCUT2D eigenvalue weighted by atomic mass is 16.3. The second-order valence-corrected chi connectivity index (χ2v) is 4.66. The minimum absolute atomic E-state index is 0.00745. The largest absolute Gasteiger partial charge is 0.508 e. The molecule has 1 aromatic carbocycles. The third-order valence-corrected chi connectivity index (χ3v) is 3.47. The second kappa shape index (κ2) is 4.34.